The maximum absolute atomic E-state index is 12.1. The molecular formula is C21H17NOS. The molecule has 0 atom stereocenters. The first-order chi connectivity index (χ1) is 11.8. The van der Waals surface area contributed by atoms with Crippen molar-refractivity contribution in [3.8, 4) is 11.8 Å². The minimum atomic E-state index is -0.0471. The average molecular weight is 331 g/mol. The molecule has 1 aromatic heterocycles. The number of hydrogen-bond acceptors (Lipinski definition) is 2. The van der Waals surface area contributed by atoms with E-state index >= 15 is 0 Å². The summed E-state index contributed by atoms with van der Waals surface area (Å²) >= 11 is 1.71. The Bertz CT molecular complexity index is 840. The zero-order chi connectivity index (χ0) is 16.6. The van der Waals surface area contributed by atoms with E-state index in [0.29, 0.717) is 12.1 Å². The molecule has 0 unspecified atom stereocenters. The topological polar surface area (TPSA) is 29.1 Å². The summed E-state index contributed by atoms with van der Waals surface area (Å²) in [6.07, 6.45) is 0.865. The Morgan fingerprint density at radius 3 is 2.25 bits per heavy atom. The first kappa shape index (κ1) is 16.0. The largest absolute Gasteiger partial charge is 0.352 e. The highest BCUT2D eigenvalue weighted by molar-refractivity contribution is 7.09. The van der Waals surface area contributed by atoms with Gasteiger partial charge in [0.25, 0.3) is 5.91 Å². The average Bonchev–Trinajstić information content (AvgIpc) is 3.15. The summed E-state index contributed by atoms with van der Waals surface area (Å²) in [4.78, 5) is 13.4. The second kappa shape index (κ2) is 8.14. The van der Waals surface area contributed by atoms with E-state index in [4.69, 9.17) is 0 Å². The van der Waals surface area contributed by atoms with Gasteiger partial charge >= 0.3 is 0 Å². The van der Waals surface area contributed by atoms with Gasteiger partial charge in [-0.2, -0.15) is 0 Å². The van der Waals surface area contributed by atoms with Crippen LogP contribution in [0.1, 0.15) is 26.4 Å². The van der Waals surface area contributed by atoms with E-state index in [2.05, 4.69) is 23.2 Å². The summed E-state index contributed by atoms with van der Waals surface area (Å²) in [7, 11) is 0. The smallest absolute Gasteiger partial charge is 0.251 e. The lowest BCUT2D eigenvalue weighted by atomic mass is 10.1. The van der Waals surface area contributed by atoms with Crippen LogP contribution < -0.4 is 5.32 Å². The van der Waals surface area contributed by atoms with Gasteiger partial charge in [-0.15, -0.1) is 11.3 Å². The van der Waals surface area contributed by atoms with Crippen LogP contribution in [0.5, 0.6) is 0 Å². The Morgan fingerprint density at radius 1 is 0.875 bits per heavy atom. The van der Waals surface area contributed by atoms with Crippen LogP contribution in [0.15, 0.2) is 72.1 Å². The number of carbonyl (C=O) groups excluding carboxylic acids is 1. The molecule has 0 spiro atoms. The zero-order valence-electron chi connectivity index (χ0n) is 13.2. The highest BCUT2D eigenvalue weighted by Crippen LogP contribution is 2.09. The minimum absolute atomic E-state index is 0.0471. The molecule has 0 fully saturated rings. The third kappa shape index (κ3) is 4.58. The quantitative estimate of drug-likeness (QED) is 0.716. The Balaban J connectivity index is 1.56. The van der Waals surface area contributed by atoms with E-state index in [9.17, 15) is 4.79 Å². The van der Waals surface area contributed by atoms with Crippen molar-refractivity contribution in [2.75, 3.05) is 6.54 Å². The van der Waals surface area contributed by atoms with Gasteiger partial charge in [-0.1, -0.05) is 36.1 Å². The lowest BCUT2D eigenvalue weighted by Crippen LogP contribution is -2.25. The molecule has 3 heteroatoms. The normalized spacial score (nSPS) is 9.83. The van der Waals surface area contributed by atoms with Crippen molar-refractivity contribution in [2.45, 2.75) is 6.42 Å². The SMILES string of the molecule is O=C(NCCc1cccs1)c1ccc(C#Cc2ccccc2)cc1. The summed E-state index contributed by atoms with van der Waals surface area (Å²) in [5.74, 6) is 6.17. The van der Waals surface area contributed by atoms with Gasteiger partial charge in [0.05, 0.1) is 0 Å². The summed E-state index contributed by atoms with van der Waals surface area (Å²) in [6, 6.07) is 21.3. The van der Waals surface area contributed by atoms with Gasteiger partial charge in [0.1, 0.15) is 0 Å². The van der Waals surface area contributed by atoms with Gasteiger partial charge in [-0.05, 0) is 54.3 Å². The number of carbonyl (C=O) groups is 1. The summed E-state index contributed by atoms with van der Waals surface area (Å²) in [5.41, 5.74) is 2.54. The van der Waals surface area contributed by atoms with Crippen LogP contribution in [0.2, 0.25) is 0 Å². The second-order valence-electron chi connectivity index (χ2n) is 5.28. The number of benzene rings is 2. The number of amides is 1. The highest BCUT2D eigenvalue weighted by atomic mass is 32.1. The van der Waals surface area contributed by atoms with E-state index in [1.54, 1.807) is 11.3 Å². The van der Waals surface area contributed by atoms with Crippen molar-refractivity contribution in [1.29, 1.82) is 0 Å². The Kier molecular flexibility index (Phi) is 5.44. The highest BCUT2D eigenvalue weighted by Gasteiger charge is 2.04. The van der Waals surface area contributed by atoms with Crippen LogP contribution in [0.3, 0.4) is 0 Å². The molecule has 2 nitrogen and oxygen atoms in total. The summed E-state index contributed by atoms with van der Waals surface area (Å²) in [5, 5.41) is 4.99. The predicted molar refractivity (Wildman–Crippen MR) is 99.2 cm³/mol. The number of hydrogen-bond donors (Lipinski definition) is 1. The molecular weight excluding hydrogens is 314 g/mol. The van der Waals surface area contributed by atoms with Crippen molar-refractivity contribution in [3.05, 3.63) is 93.7 Å². The Labute approximate surface area is 146 Å². The molecule has 0 saturated heterocycles. The molecule has 1 N–H and O–H groups in total. The first-order valence-electron chi connectivity index (χ1n) is 7.79. The third-order valence-corrected chi connectivity index (χ3v) is 4.45. The fourth-order valence-corrected chi connectivity index (χ4v) is 2.94. The van der Waals surface area contributed by atoms with Gasteiger partial charge in [-0.3, -0.25) is 4.79 Å². The van der Waals surface area contributed by atoms with Gasteiger partial charge in [0.2, 0.25) is 0 Å². The molecule has 0 aliphatic heterocycles. The lowest BCUT2D eigenvalue weighted by Gasteiger charge is -2.04. The second-order valence-corrected chi connectivity index (χ2v) is 6.31. The van der Waals surface area contributed by atoms with Crippen molar-refractivity contribution in [3.63, 3.8) is 0 Å². The van der Waals surface area contributed by atoms with Gasteiger partial charge < -0.3 is 5.32 Å². The third-order valence-electron chi connectivity index (χ3n) is 3.51. The summed E-state index contributed by atoms with van der Waals surface area (Å²) < 4.78 is 0. The standard InChI is InChI=1S/C21H17NOS/c23-21(22-15-14-20-7-4-16-24-20)19-12-10-18(11-13-19)9-8-17-5-2-1-3-6-17/h1-7,10-13,16H,14-15H2,(H,22,23). The van der Waals surface area contributed by atoms with E-state index < -0.39 is 0 Å². The van der Waals surface area contributed by atoms with Crippen LogP contribution in [0, 0.1) is 11.8 Å². The number of nitrogens with one attached hydrogen (secondary N) is 1. The van der Waals surface area contributed by atoms with Crippen molar-refractivity contribution >= 4 is 17.2 Å². The molecule has 2 aromatic carbocycles. The van der Waals surface area contributed by atoms with E-state index in [0.717, 1.165) is 17.5 Å². The van der Waals surface area contributed by atoms with Crippen molar-refractivity contribution in [1.82, 2.24) is 5.32 Å². The monoisotopic (exact) mass is 331 g/mol. The molecule has 3 rings (SSSR count). The first-order valence-corrected chi connectivity index (χ1v) is 8.67. The fourth-order valence-electron chi connectivity index (χ4n) is 2.23. The molecule has 1 amide bonds. The summed E-state index contributed by atoms with van der Waals surface area (Å²) in [6.45, 7) is 0.648. The van der Waals surface area contributed by atoms with Gasteiger partial charge in [0, 0.05) is 28.1 Å². The molecule has 3 aromatic rings. The molecule has 0 radical (unpaired) electrons. The van der Waals surface area contributed by atoms with Crippen LogP contribution in [-0.4, -0.2) is 12.5 Å². The molecule has 118 valence electrons. The van der Waals surface area contributed by atoms with Crippen LogP contribution in [-0.2, 0) is 6.42 Å². The van der Waals surface area contributed by atoms with Crippen molar-refractivity contribution < 1.29 is 4.79 Å². The van der Waals surface area contributed by atoms with Crippen LogP contribution in [0.25, 0.3) is 0 Å². The molecule has 0 aliphatic carbocycles. The van der Waals surface area contributed by atoms with E-state index in [1.807, 2.05) is 66.0 Å². The van der Waals surface area contributed by atoms with Crippen molar-refractivity contribution in [2.24, 2.45) is 0 Å². The minimum Gasteiger partial charge on any atom is -0.352 e. The predicted octanol–water partition coefficient (Wildman–Crippen LogP) is 4.12. The maximum atomic E-state index is 12.1. The van der Waals surface area contributed by atoms with E-state index in [-0.39, 0.29) is 5.91 Å². The number of thiophene rings is 1. The Hall–Kier alpha value is -2.83. The number of rotatable bonds is 4. The van der Waals surface area contributed by atoms with Gasteiger partial charge in [0.15, 0.2) is 0 Å². The van der Waals surface area contributed by atoms with E-state index in [1.165, 1.54) is 4.88 Å². The molecule has 1 heterocycles. The zero-order valence-corrected chi connectivity index (χ0v) is 14.0. The van der Waals surface area contributed by atoms with Crippen LogP contribution >= 0.6 is 11.3 Å². The fraction of sp³-hybridized carbons (Fsp3) is 0.0952. The molecule has 0 saturated carbocycles. The maximum Gasteiger partial charge on any atom is 0.251 e. The molecule has 0 aliphatic rings. The van der Waals surface area contributed by atoms with Gasteiger partial charge in [-0.25, -0.2) is 0 Å². The molecule has 24 heavy (non-hydrogen) atoms. The molecule has 0 bridgehead atoms. The lowest BCUT2D eigenvalue weighted by molar-refractivity contribution is 0.0954. The van der Waals surface area contributed by atoms with Crippen LogP contribution in [0.4, 0.5) is 0 Å². The Morgan fingerprint density at radius 2 is 1.58 bits per heavy atom.